The topological polar surface area (TPSA) is 55.1 Å². The summed E-state index contributed by atoms with van der Waals surface area (Å²) in [4.78, 5) is 11.3. The second-order valence-electron chi connectivity index (χ2n) is 4.28. The van der Waals surface area contributed by atoms with Gasteiger partial charge >= 0.3 is 0 Å². The van der Waals surface area contributed by atoms with Gasteiger partial charge in [-0.2, -0.15) is 11.3 Å². The molecular formula is C14H16N2OS. The van der Waals surface area contributed by atoms with Crippen LogP contribution in [0.25, 0.3) is 0 Å². The van der Waals surface area contributed by atoms with Gasteiger partial charge in [-0.1, -0.05) is 0 Å². The van der Waals surface area contributed by atoms with Gasteiger partial charge < -0.3 is 11.1 Å². The van der Waals surface area contributed by atoms with Gasteiger partial charge in [-0.15, -0.1) is 0 Å². The van der Waals surface area contributed by atoms with E-state index < -0.39 is 0 Å². The quantitative estimate of drug-likeness (QED) is 0.651. The Bertz CT molecular complexity index is 549. The Morgan fingerprint density at radius 2 is 2.17 bits per heavy atom. The summed E-state index contributed by atoms with van der Waals surface area (Å²) in [5, 5.41) is 7.54. The number of carbonyl (C=O) groups is 1. The van der Waals surface area contributed by atoms with E-state index in [2.05, 4.69) is 29.1 Å². The Hall–Kier alpha value is -1.81. The number of carbonyl (C=O) groups excluding carboxylic acids is 1. The number of nitrogens with one attached hydrogen (secondary N) is 1. The van der Waals surface area contributed by atoms with E-state index in [1.165, 1.54) is 12.5 Å². The fourth-order valence-electron chi connectivity index (χ4n) is 1.83. The van der Waals surface area contributed by atoms with E-state index >= 15 is 0 Å². The van der Waals surface area contributed by atoms with E-state index in [0.717, 1.165) is 5.69 Å². The van der Waals surface area contributed by atoms with E-state index in [4.69, 9.17) is 5.73 Å². The summed E-state index contributed by atoms with van der Waals surface area (Å²) < 4.78 is 0. The summed E-state index contributed by atoms with van der Waals surface area (Å²) in [5.41, 5.74) is 9.12. The number of nitrogens with two attached hydrogens (primary N) is 1. The average molecular weight is 260 g/mol. The van der Waals surface area contributed by atoms with Crippen molar-refractivity contribution in [3.8, 4) is 0 Å². The third kappa shape index (κ3) is 2.71. The molecule has 0 amide bonds. The molecular weight excluding hydrogens is 244 g/mol. The molecule has 1 unspecified atom stereocenters. The van der Waals surface area contributed by atoms with Crippen LogP contribution < -0.4 is 11.1 Å². The van der Waals surface area contributed by atoms with Crippen LogP contribution >= 0.6 is 11.3 Å². The van der Waals surface area contributed by atoms with Gasteiger partial charge in [-0.05, 0) is 54.4 Å². The largest absolute Gasteiger partial charge is 0.398 e. The lowest BCUT2D eigenvalue weighted by Crippen LogP contribution is -2.07. The van der Waals surface area contributed by atoms with E-state index in [1.807, 2.05) is 6.07 Å². The normalized spacial score (nSPS) is 12.1. The number of ketones is 1. The van der Waals surface area contributed by atoms with Crippen molar-refractivity contribution in [2.24, 2.45) is 0 Å². The maximum absolute atomic E-state index is 11.3. The summed E-state index contributed by atoms with van der Waals surface area (Å²) in [6.45, 7) is 3.61. The summed E-state index contributed by atoms with van der Waals surface area (Å²) >= 11 is 1.68. The summed E-state index contributed by atoms with van der Waals surface area (Å²) in [6, 6.07) is 7.77. The van der Waals surface area contributed by atoms with Crippen LogP contribution in [0.3, 0.4) is 0 Å². The molecule has 1 aromatic heterocycles. The van der Waals surface area contributed by atoms with Crippen LogP contribution in [0.4, 0.5) is 11.4 Å². The molecule has 0 aliphatic carbocycles. The molecule has 0 saturated heterocycles. The maximum Gasteiger partial charge on any atom is 0.161 e. The standard InChI is InChI=1S/C14H16N2OS/c1-9(11-5-6-18-8-11)16-12-3-4-13(10(2)17)14(15)7-12/h3-9,16H,15H2,1-2H3. The molecule has 0 spiro atoms. The molecule has 1 aromatic carbocycles. The van der Waals surface area contributed by atoms with Gasteiger partial charge in [0.15, 0.2) is 5.78 Å². The van der Waals surface area contributed by atoms with Crippen molar-refractivity contribution in [2.45, 2.75) is 19.9 Å². The molecule has 2 aromatic rings. The first kappa shape index (κ1) is 12.6. The maximum atomic E-state index is 11.3. The number of Topliss-reactive ketones (excluding diaryl/α,β-unsaturated/α-hetero) is 1. The van der Waals surface area contributed by atoms with Crippen LogP contribution in [0.1, 0.15) is 35.8 Å². The van der Waals surface area contributed by atoms with Crippen LogP contribution in [0.2, 0.25) is 0 Å². The number of hydrogen-bond acceptors (Lipinski definition) is 4. The van der Waals surface area contributed by atoms with Crippen molar-refractivity contribution in [3.05, 3.63) is 46.2 Å². The van der Waals surface area contributed by atoms with Crippen LogP contribution in [-0.2, 0) is 0 Å². The number of anilines is 2. The van der Waals surface area contributed by atoms with Crippen molar-refractivity contribution in [1.82, 2.24) is 0 Å². The van der Waals surface area contributed by atoms with Gasteiger partial charge in [0.05, 0.1) is 0 Å². The Balaban J connectivity index is 2.15. The third-order valence-electron chi connectivity index (χ3n) is 2.86. The third-order valence-corrected chi connectivity index (χ3v) is 3.56. The molecule has 3 nitrogen and oxygen atoms in total. The molecule has 0 aliphatic heterocycles. The lowest BCUT2D eigenvalue weighted by molar-refractivity contribution is 0.101. The number of hydrogen-bond donors (Lipinski definition) is 2. The molecule has 4 heteroatoms. The molecule has 0 radical (unpaired) electrons. The van der Waals surface area contributed by atoms with Crippen LogP contribution in [0.15, 0.2) is 35.0 Å². The monoisotopic (exact) mass is 260 g/mol. The lowest BCUT2D eigenvalue weighted by Gasteiger charge is -2.15. The fraction of sp³-hybridized carbons (Fsp3) is 0.214. The number of benzene rings is 1. The van der Waals surface area contributed by atoms with Crippen molar-refractivity contribution < 1.29 is 4.79 Å². The molecule has 1 heterocycles. The van der Waals surface area contributed by atoms with Crippen molar-refractivity contribution in [1.29, 1.82) is 0 Å². The highest BCUT2D eigenvalue weighted by molar-refractivity contribution is 7.07. The minimum absolute atomic E-state index is 0.00932. The first-order valence-corrected chi connectivity index (χ1v) is 6.71. The average Bonchev–Trinajstić information content (AvgIpc) is 2.81. The van der Waals surface area contributed by atoms with Crippen LogP contribution in [0.5, 0.6) is 0 Å². The molecule has 18 heavy (non-hydrogen) atoms. The van der Waals surface area contributed by atoms with Gasteiger partial charge in [0.25, 0.3) is 0 Å². The van der Waals surface area contributed by atoms with Crippen LogP contribution in [-0.4, -0.2) is 5.78 Å². The Morgan fingerprint density at radius 1 is 1.39 bits per heavy atom. The molecule has 1 atom stereocenters. The molecule has 0 fully saturated rings. The van der Waals surface area contributed by atoms with Gasteiger partial charge in [-0.3, -0.25) is 4.79 Å². The molecule has 0 aliphatic rings. The summed E-state index contributed by atoms with van der Waals surface area (Å²) in [6.07, 6.45) is 0. The van der Waals surface area contributed by atoms with Crippen molar-refractivity contribution in [2.75, 3.05) is 11.1 Å². The highest BCUT2D eigenvalue weighted by Gasteiger charge is 2.08. The summed E-state index contributed by atoms with van der Waals surface area (Å²) in [5.74, 6) is -0.00932. The SMILES string of the molecule is CC(=O)c1ccc(NC(C)c2ccsc2)cc1N. The second kappa shape index (κ2) is 5.23. The minimum atomic E-state index is -0.00932. The van der Waals surface area contributed by atoms with E-state index in [1.54, 1.807) is 23.5 Å². The van der Waals surface area contributed by atoms with Gasteiger partial charge in [0.1, 0.15) is 0 Å². The van der Waals surface area contributed by atoms with E-state index in [0.29, 0.717) is 11.3 Å². The zero-order valence-corrected chi connectivity index (χ0v) is 11.3. The van der Waals surface area contributed by atoms with Crippen LogP contribution in [0, 0.1) is 0 Å². The van der Waals surface area contributed by atoms with E-state index in [9.17, 15) is 4.79 Å². The molecule has 2 rings (SSSR count). The Kier molecular flexibility index (Phi) is 3.67. The molecule has 0 bridgehead atoms. The number of thiophene rings is 1. The highest BCUT2D eigenvalue weighted by atomic mass is 32.1. The second-order valence-corrected chi connectivity index (χ2v) is 5.06. The zero-order valence-electron chi connectivity index (χ0n) is 10.4. The van der Waals surface area contributed by atoms with Crippen molar-refractivity contribution >= 4 is 28.5 Å². The lowest BCUT2D eigenvalue weighted by atomic mass is 10.1. The molecule has 3 N–H and O–H groups in total. The van der Waals surface area contributed by atoms with E-state index in [-0.39, 0.29) is 11.8 Å². The zero-order chi connectivity index (χ0) is 13.1. The first-order valence-electron chi connectivity index (χ1n) is 5.77. The fourth-order valence-corrected chi connectivity index (χ4v) is 2.58. The predicted molar refractivity (Wildman–Crippen MR) is 77.2 cm³/mol. The molecule has 0 saturated carbocycles. The first-order chi connectivity index (χ1) is 8.58. The van der Waals surface area contributed by atoms with Gasteiger partial charge in [-0.25, -0.2) is 0 Å². The Morgan fingerprint density at radius 3 is 2.72 bits per heavy atom. The van der Waals surface area contributed by atoms with Gasteiger partial charge in [0.2, 0.25) is 0 Å². The Labute approximate surface area is 111 Å². The highest BCUT2D eigenvalue weighted by Crippen LogP contribution is 2.24. The number of nitrogen functional groups attached to an aromatic ring is 1. The smallest absolute Gasteiger partial charge is 0.161 e. The van der Waals surface area contributed by atoms with Crippen molar-refractivity contribution in [3.63, 3.8) is 0 Å². The molecule has 94 valence electrons. The van der Waals surface area contributed by atoms with Gasteiger partial charge in [0, 0.05) is 23.0 Å². The summed E-state index contributed by atoms with van der Waals surface area (Å²) in [7, 11) is 0. The number of rotatable bonds is 4. The predicted octanol–water partition coefficient (Wildman–Crippen LogP) is 3.71. The minimum Gasteiger partial charge on any atom is -0.398 e.